The fraction of sp³-hybridized carbons (Fsp3) is 0.400. The smallest absolute Gasteiger partial charge is 0.410 e. The van der Waals surface area contributed by atoms with Crippen LogP contribution in [-0.2, 0) is 24.2 Å². The van der Waals surface area contributed by atoms with Gasteiger partial charge in [-0.3, -0.25) is 0 Å². The van der Waals surface area contributed by atoms with E-state index in [9.17, 15) is 9.90 Å². The second kappa shape index (κ2) is 8.90. The number of aliphatic hydroxyl groups excluding tert-OH is 1. The van der Waals surface area contributed by atoms with Crippen molar-refractivity contribution in [2.45, 2.75) is 52.0 Å². The first-order chi connectivity index (χ1) is 15.2. The molecule has 1 unspecified atom stereocenters. The molecule has 3 aromatic rings. The summed E-state index contributed by atoms with van der Waals surface area (Å²) in [6.45, 7) is 7.20. The van der Waals surface area contributed by atoms with Crippen molar-refractivity contribution in [3.8, 4) is 5.75 Å². The number of carbonyl (C=O) groups excluding carboxylic acids is 1. The second-order valence-corrected chi connectivity index (χ2v) is 9.24. The third-order valence-corrected chi connectivity index (χ3v) is 5.51. The summed E-state index contributed by atoms with van der Waals surface area (Å²) in [5.41, 5.74) is 3.29. The molecule has 0 saturated carbocycles. The molecule has 1 atom stereocenters. The van der Waals surface area contributed by atoms with Crippen LogP contribution in [0.2, 0.25) is 0 Å². The Morgan fingerprint density at radius 3 is 2.66 bits per heavy atom. The highest BCUT2D eigenvalue weighted by Gasteiger charge is 2.30. The van der Waals surface area contributed by atoms with Crippen molar-refractivity contribution in [1.29, 1.82) is 0 Å². The van der Waals surface area contributed by atoms with E-state index in [1.807, 2.05) is 69.3 Å². The van der Waals surface area contributed by atoms with Gasteiger partial charge in [0.05, 0.1) is 13.1 Å². The quantitative estimate of drug-likeness (QED) is 0.630. The van der Waals surface area contributed by atoms with Gasteiger partial charge in [-0.2, -0.15) is 0 Å². The van der Waals surface area contributed by atoms with E-state index in [4.69, 9.17) is 17.3 Å². The van der Waals surface area contributed by atoms with E-state index in [1.54, 1.807) is 4.90 Å². The van der Waals surface area contributed by atoms with Gasteiger partial charge in [0, 0.05) is 35.1 Å². The van der Waals surface area contributed by atoms with E-state index >= 15 is 0 Å². The largest absolute Gasteiger partial charge is 0.491 e. The number of rotatable bonds is 5. The van der Waals surface area contributed by atoms with E-state index < -0.39 is 11.7 Å². The minimum Gasteiger partial charge on any atom is -0.491 e. The summed E-state index contributed by atoms with van der Waals surface area (Å²) in [7, 11) is 6.07. The maximum Gasteiger partial charge on any atom is 0.410 e. The summed E-state index contributed by atoms with van der Waals surface area (Å²) in [6, 6.07) is 15.2. The van der Waals surface area contributed by atoms with Gasteiger partial charge in [-0.15, -0.1) is 0 Å². The van der Waals surface area contributed by atoms with Gasteiger partial charge in [-0.25, -0.2) is 4.79 Å². The Kier molecular flexibility index (Phi) is 6.20. The third-order valence-electron chi connectivity index (χ3n) is 5.51. The van der Waals surface area contributed by atoms with Gasteiger partial charge in [-0.1, -0.05) is 35.8 Å². The van der Waals surface area contributed by atoms with Crippen molar-refractivity contribution >= 4 is 30.3 Å². The van der Waals surface area contributed by atoms with Crippen LogP contribution in [0.25, 0.3) is 10.9 Å². The standard InChI is InChI=1S/C25H29BN2O4/c1-25(2,3)32-24(30)27-12-11-23-21(15-27)20-13-17(26)9-10-22(20)28(23)14-18(29)16-31-19-7-5-4-6-8-19/h4-10,13,18,29H,11-12,14-16H2,1-3H3. The molecule has 0 spiro atoms. The van der Waals surface area contributed by atoms with Crippen LogP contribution in [-0.4, -0.2) is 53.4 Å². The lowest BCUT2D eigenvalue weighted by Crippen LogP contribution is -2.40. The molecule has 2 aromatic carbocycles. The minimum atomic E-state index is -0.684. The first-order valence-electron chi connectivity index (χ1n) is 10.9. The molecule has 1 amide bonds. The van der Waals surface area contributed by atoms with E-state index in [2.05, 4.69) is 4.57 Å². The molecule has 0 aliphatic carbocycles. The Balaban J connectivity index is 1.57. The highest BCUT2D eigenvalue weighted by molar-refractivity contribution is 6.33. The van der Waals surface area contributed by atoms with Gasteiger partial charge in [0.1, 0.15) is 31.9 Å². The Bertz CT molecular complexity index is 1100. The van der Waals surface area contributed by atoms with Gasteiger partial charge in [0.15, 0.2) is 0 Å². The monoisotopic (exact) mass is 432 g/mol. The van der Waals surface area contributed by atoms with E-state index in [-0.39, 0.29) is 12.7 Å². The average molecular weight is 432 g/mol. The van der Waals surface area contributed by atoms with Crippen molar-refractivity contribution in [2.75, 3.05) is 13.2 Å². The fourth-order valence-corrected chi connectivity index (χ4v) is 4.13. The van der Waals surface area contributed by atoms with Gasteiger partial charge >= 0.3 is 6.09 Å². The Hall–Kier alpha value is -2.93. The van der Waals surface area contributed by atoms with Crippen molar-refractivity contribution in [2.24, 2.45) is 0 Å². The maximum atomic E-state index is 12.6. The van der Waals surface area contributed by atoms with Crippen LogP contribution < -0.4 is 10.2 Å². The van der Waals surface area contributed by atoms with E-state index in [1.165, 1.54) is 0 Å². The molecule has 1 aliphatic rings. The number of hydrogen-bond donors (Lipinski definition) is 1. The second-order valence-electron chi connectivity index (χ2n) is 9.24. The molecule has 6 nitrogen and oxygen atoms in total. The van der Waals surface area contributed by atoms with Gasteiger partial charge < -0.3 is 24.0 Å². The predicted molar refractivity (Wildman–Crippen MR) is 126 cm³/mol. The lowest BCUT2D eigenvalue weighted by atomic mass is 9.93. The summed E-state index contributed by atoms with van der Waals surface area (Å²) < 4.78 is 13.4. The topological polar surface area (TPSA) is 63.9 Å². The zero-order chi connectivity index (χ0) is 22.9. The van der Waals surface area contributed by atoms with Crippen LogP contribution in [0.4, 0.5) is 4.79 Å². The molecule has 166 valence electrons. The van der Waals surface area contributed by atoms with Crippen LogP contribution in [0.3, 0.4) is 0 Å². The lowest BCUT2D eigenvalue weighted by Gasteiger charge is -2.31. The van der Waals surface area contributed by atoms with Gasteiger partial charge in [0.25, 0.3) is 0 Å². The van der Waals surface area contributed by atoms with Crippen LogP contribution in [0.1, 0.15) is 32.0 Å². The Morgan fingerprint density at radius 2 is 1.94 bits per heavy atom. The van der Waals surface area contributed by atoms with Crippen molar-refractivity contribution in [1.82, 2.24) is 9.47 Å². The first kappa shape index (κ1) is 22.3. The highest BCUT2D eigenvalue weighted by atomic mass is 16.6. The van der Waals surface area contributed by atoms with Gasteiger partial charge in [-0.05, 0) is 39.0 Å². The molecule has 2 radical (unpaired) electrons. The third kappa shape index (κ3) is 4.94. The molecule has 32 heavy (non-hydrogen) atoms. The normalized spacial score (nSPS) is 14.8. The number of aliphatic hydroxyl groups is 1. The fourth-order valence-electron chi connectivity index (χ4n) is 4.13. The van der Waals surface area contributed by atoms with Crippen molar-refractivity contribution < 1.29 is 19.4 Å². The average Bonchev–Trinajstić information content (AvgIpc) is 3.04. The van der Waals surface area contributed by atoms with Crippen molar-refractivity contribution in [3.05, 3.63) is 59.8 Å². The number of benzene rings is 2. The zero-order valence-electron chi connectivity index (χ0n) is 18.9. The van der Waals surface area contributed by atoms with Crippen LogP contribution >= 0.6 is 0 Å². The molecule has 0 fully saturated rings. The summed E-state index contributed by atoms with van der Waals surface area (Å²) in [4.78, 5) is 14.4. The number of hydrogen-bond acceptors (Lipinski definition) is 4. The van der Waals surface area contributed by atoms with E-state index in [0.717, 1.165) is 27.9 Å². The summed E-state index contributed by atoms with van der Waals surface area (Å²) in [5.74, 6) is 0.728. The van der Waals surface area contributed by atoms with Gasteiger partial charge in [0.2, 0.25) is 0 Å². The van der Waals surface area contributed by atoms with Crippen molar-refractivity contribution in [3.63, 3.8) is 0 Å². The van der Waals surface area contributed by atoms with Crippen LogP contribution in [0.15, 0.2) is 48.5 Å². The number of para-hydroxylation sites is 1. The molecule has 0 bridgehead atoms. The first-order valence-corrected chi connectivity index (χ1v) is 10.9. The number of fused-ring (bicyclic) bond motifs is 3. The molecular formula is C25H29BN2O4. The number of nitrogens with zero attached hydrogens (tertiary/aromatic N) is 2. The number of aromatic nitrogens is 1. The summed E-state index contributed by atoms with van der Waals surface area (Å²) in [6.07, 6.45) is -0.323. The summed E-state index contributed by atoms with van der Waals surface area (Å²) >= 11 is 0. The molecule has 1 aliphatic heterocycles. The Labute approximate surface area is 190 Å². The molecule has 2 heterocycles. The number of ether oxygens (including phenoxy) is 2. The molecular weight excluding hydrogens is 403 g/mol. The molecule has 4 rings (SSSR count). The predicted octanol–water partition coefficient (Wildman–Crippen LogP) is 3.17. The molecule has 1 N–H and O–H groups in total. The SMILES string of the molecule is [B]c1ccc2c(c1)c1c(n2CC(O)COc2ccccc2)CCN(C(=O)OC(C)(C)C)C1. The Morgan fingerprint density at radius 1 is 1.19 bits per heavy atom. The minimum absolute atomic E-state index is 0.192. The number of carbonyl (C=O) groups is 1. The zero-order valence-corrected chi connectivity index (χ0v) is 18.9. The molecule has 7 heteroatoms. The van der Waals surface area contributed by atoms with Crippen LogP contribution in [0, 0.1) is 0 Å². The lowest BCUT2D eigenvalue weighted by molar-refractivity contribution is 0.0222. The summed E-state index contributed by atoms with van der Waals surface area (Å²) in [5, 5.41) is 11.7. The number of amides is 1. The molecule has 1 aromatic heterocycles. The van der Waals surface area contributed by atoms with Crippen LogP contribution in [0.5, 0.6) is 5.75 Å². The highest BCUT2D eigenvalue weighted by Crippen LogP contribution is 2.31. The van der Waals surface area contributed by atoms with E-state index in [0.29, 0.717) is 31.5 Å². The maximum absolute atomic E-state index is 12.6. The molecule has 0 saturated heterocycles.